The van der Waals surface area contributed by atoms with E-state index in [2.05, 4.69) is 200 Å². The van der Waals surface area contributed by atoms with Crippen LogP contribution in [0.5, 0.6) is 5.75 Å². The highest BCUT2D eigenvalue weighted by molar-refractivity contribution is 6.30. The van der Waals surface area contributed by atoms with Crippen LogP contribution in [0.1, 0.15) is 112 Å². The van der Waals surface area contributed by atoms with Gasteiger partial charge in [0.1, 0.15) is 5.75 Å². The lowest BCUT2D eigenvalue weighted by Crippen LogP contribution is -2.40. The minimum Gasteiger partial charge on any atom is -0.484 e. The van der Waals surface area contributed by atoms with E-state index >= 15 is 0 Å². The number of rotatable bonds is 23. The lowest BCUT2D eigenvalue weighted by molar-refractivity contribution is -0.135. The van der Waals surface area contributed by atoms with Gasteiger partial charge in [0.2, 0.25) is 17.7 Å². The van der Waals surface area contributed by atoms with E-state index in [0.29, 0.717) is 97.2 Å². The molecule has 13 aromatic heterocycles. The van der Waals surface area contributed by atoms with Gasteiger partial charge in [-0.05, 0) is 246 Å². The van der Waals surface area contributed by atoms with E-state index in [4.69, 9.17) is 36.3 Å². The number of amides is 4. The number of hydrogen-bond donors (Lipinski definition) is 4. The van der Waals surface area contributed by atoms with Crippen LogP contribution in [-0.4, -0.2) is 182 Å². The molecule has 16 aromatic rings. The number of nitrogens with one attached hydrogen (secondary N) is 4. The Kier molecular flexibility index (Phi) is 23.1. The molecule has 8 aliphatic heterocycles. The third kappa shape index (κ3) is 17.1. The second-order valence-corrected chi connectivity index (χ2v) is 36.7. The zero-order chi connectivity index (χ0) is 87.0. The van der Waals surface area contributed by atoms with Crippen molar-refractivity contribution in [1.82, 2.24) is 104 Å². The van der Waals surface area contributed by atoms with Crippen molar-refractivity contribution >= 4 is 79.4 Å². The topological polar surface area (TPSA) is 289 Å². The molecule has 654 valence electrons. The molecule has 26 nitrogen and oxygen atoms in total. The highest BCUT2D eigenvalue weighted by Crippen LogP contribution is 2.48. The van der Waals surface area contributed by atoms with Crippen LogP contribution in [0.15, 0.2) is 251 Å². The summed E-state index contributed by atoms with van der Waals surface area (Å²) in [6.45, 7) is 5.93. The number of benzene rings is 3. The molecule has 0 radical (unpaired) electrons. The molecular weight excluding hydrogens is 1630 g/mol. The van der Waals surface area contributed by atoms with Crippen LogP contribution < -0.4 is 4.74 Å². The number of para-hydroxylation sites is 1. The van der Waals surface area contributed by atoms with E-state index in [-0.39, 0.29) is 24.3 Å². The molecule has 8 aliphatic rings. The van der Waals surface area contributed by atoms with E-state index in [1.165, 1.54) is 11.1 Å². The molecule has 12 unspecified atom stereocenters. The van der Waals surface area contributed by atoms with Crippen molar-refractivity contribution in [1.29, 1.82) is 0 Å². The Morgan fingerprint density at radius 3 is 1.16 bits per heavy atom. The minimum absolute atomic E-state index is 0.104. The number of carbonyl (C=O) groups excluding carboxylic acids is 4. The minimum atomic E-state index is 0.104. The summed E-state index contributed by atoms with van der Waals surface area (Å²) in [6.07, 6.45) is 43.1. The number of H-pyrrole nitrogens is 4. The van der Waals surface area contributed by atoms with Gasteiger partial charge in [0.25, 0.3) is 5.91 Å². The summed E-state index contributed by atoms with van der Waals surface area (Å²) in [6, 6.07) is 57.6. The lowest BCUT2D eigenvalue weighted by atomic mass is 9.89. The zero-order valence-electron chi connectivity index (χ0n) is 72.2. The third-order valence-corrected chi connectivity index (χ3v) is 29.0. The van der Waals surface area contributed by atoms with E-state index in [1.807, 2.05) is 104 Å². The van der Waals surface area contributed by atoms with Gasteiger partial charge in [0.15, 0.2) is 6.61 Å². The second kappa shape index (κ2) is 36.3. The smallest absolute Gasteiger partial charge is 0.261 e. The van der Waals surface area contributed by atoms with Crippen LogP contribution in [0, 0.1) is 30.6 Å². The summed E-state index contributed by atoms with van der Waals surface area (Å²) in [7, 11) is 0. The first-order valence-corrected chi connectivity index (χ1v) is 46.1. The largest absolute Gasteiger partial charge is 0.484 e. The molecule has 4 amide bonds. The Balaban J connectivity index is 0.000000104. The number of aryl methyl sites for hydroxylation is 3. The van der Waals surface area contributed by atoms with Crippen molar-refractivity contribution in [3.05, 3.63) is 278 Å². The van der Waals surface area contributed by atoms with E-state index in [1.54, 1.807) is 37.2 Å². The van der Waals surface area contributed by atoms with Gasteiger partial charge in [0, 0.05) is 177 Å². The van der Waals surface area contributed by atoms with Crippen LogP contribution in [0.4, 0.5) is 0 Å². The number of aromatic nitrogens is 17. The fourth-order valence-corrected chi connectivity index (χ4v) is 23.0. The first-order valence-electron chi connectivity index (χ1n) is 45.8. The molecule has 8 bridgehead atoms. The molecule has 0 spiro atoms. The predicted molar refractivity (Wildman–Crippen MR) is 495 cm³/mol. The van der Waals surface area contributed by atoms with E-state index < -0.39 is 0 Å². The zero-order valence-corrected chi connectivity index (χ0v) is 72.9. The van der Waals surface area contributed by atoms with Crippen molar-refractivity contribution in [2.24, 2.45) is 23.7 Å². The van der Waals surface area contributed by atoms with Crippen molar-refractivity contribution in [3.8, 4) is 50.8 Å². The normalized spacial score (nSPS) is 22.0. The number of hydrogen-bond acceptors (Lipinski definition) is 14. The molecular formula is C102H104ClN21O5. The Hall–Kier alpha value is -13.6. The molecule has 12 atom stereocenters. The van der Waals surface area contributed by atoms with Gasteiger partial charge >= 0.3 is 0 Å². The fourth-order valence-electron chi connectivity index (χ4n) is 22.8. The van der Waals surface area contributed by atoms with Crippen LogP contribution >= 0.6 is 11.6 Å². The molecule has 8 saturated heterocycles. The lowest BCUT2D eigenvalue weighted by Gasteiger charge is -2.25. The van der Waals surface area contributed by atoms with Gasteiger partial charge in [0.05, 0.1) is 98.1 Å². The van der Waals surface area contributed by atoms with Gasteiger partial charge in [-0.2, -0.15) is 20.4 Å². The molecule has 3 aromatic carbocycles. The molecule has 0 saturated carbocycles. The quantitative estimate of drug-likeness (QED) is 0.0463. The number of pyridine rings is 5. The van der Waals surface area contributed by atoms with Crippen molar-refractivity contribution in [2.75, 3.05) is 6.61 Å². The maximum Gasteiger partial charge on any atom is 0.261 e. The van der Waals surface area contributed by atoms with Gasteiger partial charge in [-0.25, -0.2) is 19.9 Å². The molecule has 21 heterocycles. The van der Waals surface area contributed by atoms with Crippen LogP contribution in [0.2, 0.25) is 5.02 Å². The first-order chi connectivity index (χ1) is 63.3. The van der Waals surface area contributed by atoms with Crippen molar-refractivity contribution < 1.29 is 23.9 Å². The van der Waals surface area contributed by atoms with Crippen molar-refractivity contribution in [3.63, 3.8) is 0 Å². The van der Waals surface area contributed by atoms with Crippen LogP contribution in [-0.2, 0) is 64.6 Å². The summed E-state index contributed by atoms with van der Waals surface area (Å²) in [5, 5.41) is 28.2. The van der Waals surface area contributed by atoms with Gasteiger partial charge < -0.3 is 42.6 Å². The van der Waals surface area contributed by atoms with Gasteiger partial charge in [-0.1, -0.05) is 72.3 Å². The van der Waals surface area contributed by atoms with Gasteiger partial charge in [-0.15, -0.1) is 0 Å². The highest BCUT2D eigenvalue weighted by atomic mass is 35.5. The summed E-state index contributed by atoms with van der Waals surface area (Å²) in [5.41, 5.74) is 20.9. The first kappa shape index (κ1) is 82.4. The standard InChI is InChI=1S/C27H29N5O.C26H26ClN5O.C25H25N5O2.C24H24N6O/c1-18-4-2-3-5-19(18)6-11-27(33)32-22-7-9-25(32)20(14-22)17-31-13-12-24-26(31)10-8-23(30-24)21-15-28-29-16-21;27-20-3-1-2-17(12-20)4-9-26(33)32-21-5-7-24(32)18(13-21)16-31-11-10-23-25(31)8-6-22(30-23)19-14-28-29-15-19;31-25(16-32-20-4-2-1-3-5-20)30-19-6-8-23(30)17(12-19)15-29-11-10-22-24(29)9-7-21(28-22)18-13-26-27-14-18;31-24(10-16-2-1-8-25-12-16)30-19-3-5-22(30)17(11-19)15-29-9-7-21-23(29)6-4-20(28-21)18-13-26-27-14-18/h2-5,8,10,12-13,15-16,20,22,25H,6-7,9,11,14,17H2,1H3,(H,28,29);1-3,6,8,10-12,14-15,18,21,24H,4-5,7,9,13,16H2,(H,28,29);1-5,7,9-11,13-14,17,19,23H,6,8,12,15-16H2,(H,26,27);1-2,4,6-9,12-14,17,19,22H,3,5,10-11,15H2,(H,26,27). The third-order valence-electron chi connectivity index (χ3n) is 28.8. The van der Waals surface area contributed by atoms with E-state index in [0.717, 1.165) is 227 Å². The average Bonchev–Trinajstić information content (AvgIpc) is 1.62. The van der Waals surface area contributed by atoms with Crippen molar-refractivity contribution in [2.45, 2.75) is 191 Å². The Bertz CT molecular complexity index is 6630. The SMILES string of the molecule is Cc1ccccc1CCC(=O)N1C2CCC1C(Cn1ccc3nc(-c4cn[nH]c4)ccc31)C2.O=C(CCc1cccc(Cl)c1)N1C2CCC1C(Cn1ccc3nc(-c4cn[nH]c4)ccc31)C2.O=C(COc1ccccc1)N1C2CCC1C(Cn1ccc3nc(-c4cn[nH]c4)ccc31)C2.O=C(Cc1cccnc1)N1C2CCC1C(Cn1ccc3nc(-c4cn[nH]c4)ccc31)C2. The Morgan fingerprint density at radius 2 is 0.775 bits per heavy atom. The summed E-state index contributed by atoms with van der Waals surface area (Å²) >= 11 is 6.10. The number of fused-ring (bicyclic) bond motifs is 12. The number of carbonyl (C=O) groups is 4. The monoisotopic (exact) mass is 1740 g/mol. The average molecular weight is 1740 g/mol. The molecule has 27 heteroatoms. The summed E-state index contributed by atoms with van der Waals surface area (Å²) in [5.74, 6) is 3.65. The molecule has 24 rings (SSSR count). The molecule has 4 N–H and O–H groups in total. The Morgan fingerprint density at radius 1 is 0.388 bits per heavy atom. The second-order valence-electron chi connectivity index (χ2n) is 36.3. The molecule has 129 heavy (non-hydrogen) atoms. The maximum atomic E-state index is 13.2. The maximum absolute atomic E-state index is 13.2. The number of halogens is 1. The summed E-state index contributed by atoms with van der Waals surface area (Å²) in [4.78, 5) is 84.5. The number of nitrogens with zero attached hydrogens (tertiary/aromatic N) is 17. The highest BCUT2D eigenvalue weighted by Gasteiger charge is 2.52. The van der Waals surface area contributed by atoms with Gasteiger partial charge in [-0.3, -0.25) is 44.6 Å². The van der Waals surface area contributed by atoms with Crippen LogP contribution in [0.3, 0.4) is 0 Å². The van der Waals surface area contributed by atoms with E-state index in [9.17, 15) is 19.2 Å². The summed E-state index contributed by atoms with van der Waals surface area (Å²) < 4.78 is 15.0. The molecule has 8 fully saturated rings. The predicted octanol–water partition coefficient (Wildman–Crippen LogP) is 17.2. The Labute approximate surface area is 751 Å². The molecule has 0 aliphatic carbocycles. The van der Waals surface area contributed by atoms with Crippen LogP contribution in [0.25, 0.3) is 89.2 Å². The number of ether oxygens (including phenoxy) is 1. The fraction of sp³-hybridized carbons (Fsp3) is 0.343. The number of aromatic amines is 4.